The Morgan fingerprint density at radius 1 is 1.05 bits per heavy atom. The molecule has 0 saturated heterocycles. The van der Waals surface area contributed by atoms with Gasteiger partial charge in [0.2, 0.25) is 0 Å². The van der Waals surface area contributed by atoms with Crippen LogP contribution in [0.5, 0.6) is 0 Å². The van der Waals surface area contributed by atoms with Gasteiger partial charge in [-0.2, -0.15) is 0 Å². The van der Waals surface area contributed by atoms with E-state index >= 15 is 0 Å². The molecule has 2 nitrogen and oxygen atoms in total. The van der Waals surface area contributed by atoms with Gasteiger partial charge in [0, 0.05) is 5.57 Å². The molecule has 1 atom stereocenters. The predicted molar refractivity (Wildman–Crippen MR) is 86.8 cm³/mol. The number of hydrogen-bond donors (Lipinski definition) is 0. The van der Waals surface area contributed by atoms with Crippen molar-refractivity contribution in [2.75, 3.05) is 6.61 Å². The third kappa shape index (κ3) is 10.1. The van der Waals surface area contributed by atoms with Crippen LogP contribution in [0.1, 0.15) is 85.5 Å². The maximum Gasteiger partial charge on any atom is 0.333 e. The summed E-state index contributed by atoms with van der Waals surface area (Å²) in [6, 6.07) is 0. The second-order valence-electron chi connectivity index (χ2n) is 5.75. The van der Waals surface area contributed by atoms with E-state index in [0.29, 0.717) is 12.5 Å². The minimum Gasteiger partial charge on any atom is -0.462 e. The van der Waals surface area contributed by atoms with Gasteiger partial charge < -0.3 is 4.74 Å². The summed E-state index contributed by atoms with van der Waals surface area (Å²) in [5, 5.41) is 0. The van der Waals surface area contributed by atoms with E-state index in [0.717, 1.165) is 18.4 Å². The molecule has 0 saturated carbocycles. The van der Waals surface area contributed by atoms with Crippen LogP contribution in [0.25, 0.3) is 0 Å². The summed E-state index contributed by atoms with van der Waals surface area (Å²) < 4.78 is 5.42. The van der Waals surface area contributed by atoms with Gasteiger partial charge in [0.15, 0.2) is 0 Å². The Bertz CT molecular complexity index is 269. The lowest BCUT2D eigenvalue weighted by Crippen LogP contribution is -2.14. The van der Waals surface area contributed by atoms with Crippen molar-refractivity contribution in [2.24, 2.45) is 5.92 Å². The smallest absolute Gasteiger partial charge is 0.333 e. The predicted octanol–water partition coefficient (Wildman–Crippen LogP) is 5.66. The second kappa shape index (κ2) is 13.2. The zero-order chi connectivity index (χ0) is 15.2. The van der Waals surface area contributed by atoms with E-state index in [1.807, 2.05) is 13.0 Å². The lowest BCUT2D eigenvalue weighted by atomic mass is 10.0. The summed E-state index contributed by atoms with van der Waals surface area (Å²) in [7, 11) is 0. The van der Waals surface area contributed by atoms with E-state index in [1.165, 1.54) is 44.9 Å². The Hall–Kier alpha value is -0.790. The Kier molecular flexibility index (Phi) is 12.7. The van der Waals surface area contributed by atoms with Gasteiger partial charge in [0.05, 0.1) is 6.61 Å². The van der Waals surface area contributed by atoms with E-state index in [4.69, 9.17) is 4.74 Å². The number of unbranched alkanes of at least 4 members (excludes halogenated alkanes) is 5. The highest BCUT2D eigenvalue weighted by molar-refractivity contribution is 5.87. The van der Waals surface area contributed by atoms with Crippen molar-refractivity contribution in [3.63, 3.8) is 0 Å². The molecule has 0 fully saturated rings. The second-order valence-corrected chi connectivity index (χ2v) is 5.75. The van der Waals surface area contributed by atoms with Crippen LogP contribution < -0.4 is 0 Å². The molecule has 0 aromatic rings. The van der Waals surface area contributed by atoms with Crippen LogP contribution in [0.15, 0.2) is 11.6 Å². The molecule has 1 unspecified atom stereocenters. The molecule has 0 aliphatic carbocycles. The number of carbonyl (C=O) groups is 1. The fourth-order valence-corrected chi connectivity index (χ4v) is 2.18. The summed E-state index contributed by atoms with van der Waals surface area (Å²) in [4.78, 5) is 11.9. The van der Waals surface area contributed by atoms with Gasteiger partial charge in [-0.25, -0.2) is 4.79 Å². The van der Waals surface area contributed by atoms with Crippen molar-refractivity contribution in [3.8, 4) is 0 Å². The molecule has 2 heteroatoms. The van der Waals surface area contributed by atoms with Gasteiger partial charge in [-0.1, -0.05) is 65.4 Å². The van der Waals surface area contributed by atoms with Gasteiger partial charge in [0.1, 0.15) is 0 Å². The highest BCUT2D eigenvalue weighted by Gasteiger charge is 2.11. The number of esters is 1. The Morgan fingerprint density at radius 2 is 1.75 bits per heavy atom. The van der Waals surface area contributed by atoms with Crippen LogP contribution in [-0.2, 0) is 9.53 Å². The molecule has 20 heavy (non-hydrogen) atoms. The zero-order valence-electron chi connectivity index (χ0n) is 14.0. The lowest BCUT2D eigenvalue weighted by Gasteiger charge is -2.14. The summed E-state index contributed by atoms with van der Waals surface area (Å²) in [5.41, 5.74) is 0.770. The number of ether oxygens (including phenoxy) is 1. The molecule has 0 rings (SSSR count). The van der Waals surface area contributed by atoms with Gasteiger partial charge in [0.25, 0.3) is 0 Å². The number of carbonyl (C=O) groups excluding carboxylic acids is 1. The van der Waals surface area contributed by atoms with Gasteiger partial charge >= 0.3 is 5.97 Å². The van der Waals surface area contributed by atoms with Crippen LogP contribution in [0.3, 0.4) is 0 Å². The molecule has 0 aromatic carbocycles. The van der Waals surface area contributed by atoms with Crippen LogP contribution in [0.2, 0.25) is 0 Å². The first-order valence-corrected chi connectivity index (χ1v) is 8.49. The first-order valence-electron chi connectivity index (χ1n) is 8.49. The molecule has 0 heterocycles. The molecule has 0 bridgehead atoms. The average Bonchev–Trinajstić information content (AvgIpc) is 2.46. The monoisotopic (exact) mass is 282 g/mol. The van der Waals surface area contributed by atoms with E-state index in [1.54, 1.807) is 0 Å². The molecule has 0 radical (unpaired) electrons. The van der Waals surface area contributed by atoms with Crippen molar-refractivity contribution in [2.45, 2.75) is 85.5 Å². The average molecular weight is 282 g/mol. The molecular formula is C18H34O2. The van der Waals surface area contributed by atoms with Crippen molar-refractivity contribution < 1.29 is 9.53 Å². The molecular weight excluding hydrogens is 248 g/mol. The van der Waals surface area contributed by atoms with Crippen molar-refractivity contribution in [1.29, 1.82) is 0 Å². The summed E-state index contributed by atoms with van der Waals surface area (Å²) in [6.45, 7) is 9.03. The highest BCUT2D eigenvalue weighted by Crippen LogP contribution is 2.14. The minimum absolute atomic E-state index is 0.129. The maximum atomic E-state index is 11.9. The van der Waals surface area contributed by atoms with E-state index in [2.05, 4.69) is 20.8 Å². The molecule has 0 aromatic heterocycles. The third-order valence-electron chi connectivity index (χ3n) is 3.82. The molecule has 0 amide bonds. The normalized spacial score (nSPS) is 13.3. The SMILES string of the molecule is CCCCCCC=C(C)C(=O)OCC(CC)CCCC. The van der Waals surface area contributed by atoms with Crippen molar-refractivity contribution in [3.05, 3.63) is 11.6 Å². The van der Waals surface area contributed by atoms with Crippen LogP contribution in [-0.4, -0.2) is 12.6 Å². The topological polar surface area (TPSA) is 26.3 Å². The third-order valence-corrected chi connectivity index (χ3v) is 3.82. The maximum absolute atomic E-state index is 11.9. The summed E-state index contributed by atoms with van der Waals surface area (Å²) in [6.07, 6.45) is 12.7. The number of hydrogen-bond acceptors (Lipinski definition) is 2. The van der Waals surface area contributed by atoms with Crippen LogP contribution >= 0.6 is 0 Å². The van der Waals surface area contributed by atoms with Gasteiger partial charge in [-0.05, 0) is 32.1 Å². The number of rotatable bonds is 12. The lowest BCUT2D eigenvalue weighted by molar-refractivity contribution is -0.140. The Morgan fingerprint density at radius 3 is 2.35 bits per heavy atom. The summed E-state index contributed by atoms with van der Waals surface area (Å²) in [5.74, 6) is 0.395. The minimum atomic E-state index is -0.129. The largest absolute Gasteiger partial charge is 0.462 e. The van der Waals surface area contributed by atoms with Crippen molar-refractivity contribution in [1.82, 2.24) is 0 Å². The molecule has 0 aliphatic rings. The standard InChI is InChI=1S/C18H34O2/c1-5-8-10-11-12-13-16(4)18(19)20-15-17(7-3)14-9-6-2/h13,17H,5-12,14-15H2,1-4H3. The molecule has 118 valence electrons. The first kappa shape index (κ1) is 19.2. The van der Waals surface area contributed by atoms with E-state index < -0.39 is 0 Å². The van der Waals surface area contributed by atoms with Gasteiger partial charge in [-0.3, -0.25) is 0 Å². The number of allylic oxidation sites excluding steroid dienone is 1. The van der Waals surface area contributed by atoms with E-state index in [-0.39, 0.29) is 5.97 Å². The molecule has 0 aliphatic heterocycles. The van der Waals surface area contributed by atoms with Gasteiger partial charge in [-0.15, -0.1) is 0 Å². The van der Waals surface area contributed by atoms with Crippen LogP contribution in [0, 0.1) is 5.92 Å². The zero-order valence-corrected chi connectivity index (χ0v) is 14.0. The fourth-order valence-electron chi connectivity index (χ4n) is 2.18. The summed E-state index contributed by atoms with van der Waals surface area (Å²) >= 11 is 0. The fraction of sp³-hybridized carbons (Fsp3) is 0.833. The molecule has 0 N–H and O–H groups in total. The highest BCUT2D eigenvalue weighted by atomic mass is 16.5. The van der Waals surface area contributed by atoms with E-state index in [9.17, 15) is 4.79 Å². The quantitative estimate of drug-likeness (QED) is 0.262. The van der Waals surface area contributed by atoms with Crippen molar-refractivity contribution >= 4 is 5.97 Å². The van der Waals surface area contributed by atoms with Crippen LogP contribution in [0.4, 0.5) is 0 Å². The first-order chi connectivity index (χ1) is 9.65. The molecule has 0 spiro atoms. The Balaban J connectivity index is 3.90. The Labute approximate surface area is 126 Å².